The zero-order valence-corrected chi connectivity index (χ0v) is 22.7. The fourth-order valence-electron chi connectivity index (χ4n) is 5.52. The van der Waals surface area contributed by atoms with Crippen molar-refractivity contribution in [2.75, 3.05) is 13.7 Å². The van der Waals surface area contributed by atoms with Gasteiger partial charge in [0, 0.05) is 18.1 Å². The third-order valence-corrected chi connectivity index (χ3v) is 8.17. The molecule has 2 saturated carbocycles. The first-order valence-corrected chi connectivity index (χ1v) is 13.6. The van der Waals surface area contributed by atoms with Crippen LogP contribution in [0.25, 0.3) is 0 Å². The van der Waals surface area contributed by atoms with Gasteiger partial charge in [-0.3, -0.25) is 9.79 Å². The molecular formula is C30H46N2O3. The number of methoxy groups -OCH3 is 1. The average Bonchev–Trinajstić information content (AvgIpc) is 3.36. The second kappa shape index (κ2) is 12.7. The van der Waals surface area contributed by atoms with Crippen molar-refractivity contribution in [3.63, 3.8) is 0 Å². The molecule has 0 aromatic rings. The quantitative estimate of drug-likeness (QED) is 0.270. The number of carbonyl (C=O) groups is 1. The van der Waals surface area contributed by atoms with Crippen molar-refractivity contribution in [1.82, 2.24) is 5.32 Å². The third-order valence-electron chi connectivity index (χ3n) is 8.17. The molecule has 194 valence electrons. The monoisotopic (exact) mass is 482 g/mol. The minimum Gasteiger partial charge on any atom is -0.501 e. The number of rotatable bonds is 10. The first kappa shape index (κ1) is 27.4. The molecular weight excluding hydrogens is 436 g/mol. The van der Waals surface area contributed by atoms with Crippen LogP contribution in [0, 0.1) is 5.92 Å². The van der Waals surface area contributed by atoms with Crippen LogP contribution >= 0.6 is 0 Å². The Morgan fingerprint density at radius 2 is 1.94 bits per heavy atom. The van der Waals surface area contributed by atoms with Gasteiger partial charge >= 0.3 is 0 Å². The summed E-state index contributed by atoms with van der Waals surface area (Å²) in [6, 6.07) is 0. The molecule has 3 aliphatic rings. The van der Waals surface area contributed by atoms with E-state index in [4.69, 9.17) is 14.5 Å². The number of aliphatic imine (C=N–C) groups is 1. The number of hydrogen-bond acceptors (Lipinski definition) is 4. The van der Waals surface area contributed by atoms with E-state index in [9.17, 15) is 4.79 Å². The molecule has 35 heavy (non-hydrogen) atoms. The van der Waals surface area contributed by atoms with Crippen LogP contribution in [0.4, 0.5) is 0 Å². The van der Waals surface area contributed by atoms with Gasteiger partial charge in [0.1, 0.15) is 0 Å². The van der Waals surface area contributed by atoms with Crippen LogP contribution in [0.15, 0.2) is 51.9 Å². The summed E-state index contributed by atoms with van der Waals surface area (Å²) in [7, 11) is 1.73. The van der Waals surface area contributed by atoms with Crippen LogP contribution < -0.4 is 5.32 Å². The van der Waals surface area contributed by atoms with Gasteiger partial charge in [0.05, 0.1) is 36.8 Å². The van der Waals surface area contributed by atoms with Gasteiger partial charge in [-0.15, -0.1) is 0 Å². The summed E-state index contributed by atoms with van der Waals surface area (Å²) < 4.78 is 11.9. The Kier molecular flexibility index (Phi) is 9.97. The number of hydrogen-bond donors (Lipinski definition) is 1. The van der Waals surface area contributed by atoms with Gasteiger partial charge < -0.3 is 14.8 Å². The molecule has 3 rings (SSSR count). The molecule has 5 nitrogen and oxygen atoms in total. The van der Waals surface area contributed by atoms with Gasteiger partial charge in [0.15, 0.2) is 0 Å². The molecule has 0 radical (unpaired) electrons. The molecule has 1 amide bonds. The van der Waals surface area contributed by atoms with E-state index in [1.54, 1.807) is 7.11 Å². The van der Waals surface area contributed by atoms with Crippen LogP contribution in [0.2, 0.25) is 0 Å². The minimum absolute atomic E-state index is 0.0144. The average molecular weight is 483 g/mol. The topological polar surface area (TPSA) is 59.9 Å². The van der Waals surface area contributed by atoms with Crippen LogP contribution in [0.3, 0.4) is 0 Å². The van der Waals surface area contributed by atoms with Crippen molar-refractivity contribution in [2.24, 2.45) is 10.9 Å². The van der Waals surface area contributed by atoms with Gasteiger partial charge in [-0.25, -0.2) is 0 Å². The molecule has 0 spiro atoms. The summed E-state index contributed by atoms with van der Waals surface area (Å²) in [5.41, 5.74) is 5.26. The van der Waals surface area contributed by atoms with Crippen LogP contribution in [-0.2, 0) is 14.3 Å². The highest BCUT2D eigenvalue weighted by Crippen LogP contribution is 2.36. The van der Waals surface area contributed by atoms with Gasteiger partial charge in [0.25, 0.3) is 0 Å². The normalized spacial score (nSPS) is 25.3. The molecule has 0 saturated heterocycles. The van der Waals surface area contributed by atoms with Crippen molar-refractivity contribution in [3.05, 3.63) is 46.9 Å². The Bertz CT molecular complexity index is 903. The fourth-order valence-corrected chi connectivity index (χ4v) is 5.52. The number of amides is 1. The molecule has 0 bridgehead atoms. The van der Waals surface area contributed by atoms with Gasteiger partial charge in [-0.2, -0.15) is 0 Å². The Balaban J connectivity index is 1.62. The molecule has 0 aliphatic heterocycles. The van der Waals surface area contributed by atoms with E-state index in [2.05, 4.69) is 51.7 Å². The van der Waals surface area contributed by atoms with E-state index < -0.39 is 0 Å². The van der Waals surface area contributed by atoms with Crippen molar-refractivity contribution in [2.45, 2.75) is 110 Å². The van der Waals surface area contributed by atoms with E-state index in [1.165, 1.54) is 5.57 Å². The molecule has 2 unspecified atom stereocenters. The Morgan fingerprint density at radius 1 is 1.20 bits per heavy atom. The number of carbonyl (C=O) groups excluding carboxylic acids is 1. The molecule has 0 heterocycles. The van der Waals surface area contributed by atoms with Gasteiger partial charge in [-0.05, 0) is 82.9 Å². The lowest BCUT2D eigenvalue weighted by atomic mass is 9.84. The number of nitrogens with zero attached hydrogens (tertiary/aromatic N) is 1. The first-order valence-electron chi connectivity index (χ1n) is 13.6. The molecule has 1 N–H and O–H groups in total. The standard InChI is InChI=1S/C30H46N2O3/c1-7-22(4)28(31-23(5)24-12-10-14-26(18-24)34-6)20-35-27-15-11-13-25(19-27)29(33)32-30(21(2)3)16-8-9-17-30/h12,18,25,27H,2,7-11,13-17,19-20H2,1,3-6H3,(H,32,33)/b28-22+,31-23?. The molecule has 0 aromatic carbocycles. The number of nitrogens with one attached hydrogen (secondary N) is 1. The fraction of sp³-hybridized carbons (Fsp3) is 0.667. The van der Waals surface area contributed by atoms with E-state index in [0.29, 0.717) is 6.61 Å². The second-order valence-corrected chi connectivity index (χ2v) is 10.6. The van der Waals surface area contributed by atoms with E-state index in [0.717, 1.165) is 98.9 Å². The van der Waals surface area contributed by atoms with E-state index >= 15 is 0 Å². The Morgan fingerprint density at radius 3 is 2.60 bits per heavy atom. The van der Waals surface area contributed by atoms with Crippen molar-refractivity contribution < 1.29 is 14.3 Å². The second-order valence-electron chi connectivity index (χ2n) is 10.6. The molecule has 3 aliphatic carbocycles. The van der Waals surface area contributed by atoms with Crippen molar-refractivity contribution in [3.8, 4) is 0 Å². The predicted octanol–water partition coefficient (Wildman–Crippen LogP) is 6.96. The molecule has 5 heteroatoms. The van der Waals surface area contributed by atoms with Crippen LogP contribution in [0.1, 0.15) is 98.3 Å². The minimum atomic E-state index is -0.198. The lowest BCUT2D eigenvalue weighted by Gasteiger charge is -2.35. The highest BCUT2D eigenvalue weighted by Gasteiger charge is 2.38. The third kappa shape index (κ3) is 7.19. The van der Waals surface area contributed by atoms with E-state index in [-0.39, 0.29) is 23.5 Å². The highest BCUT2D eigenvalue weighted by molar-refractivity contribution is 6.01. The summed E-state index contributed by atoms with van der Waals surface area (Å²) in [6.45, 7) is 13.1. The van der Waals surface area contributed by atoms with Crippen molar-refractivity contribution >= 4 is 11.6 Å². The number of allylic oxidation sites excluding steroid dienone is 5. The zero-order chi connectivity index (χ0) is 25.4. The van der Waals surface area contributed by atoms with Crippen molar-refractivity contribution in [1.29, 1.82) is 0 Å². The summed E-state index contributed by atoms with van der Waals surface area (Å²) in [4.78, 5) is 18.2. The van der Waals surface area contributed by atoms with Gasteiger partial charge in [0.2, 0.25) is 5.91 Å². The maximum absolute atomic E-state index is 13.2. The number of ether oxygens (including phenoxy) is 2. The van der Waals surface area contributed by atoms with Gasteiger partial charge in [-0.1, -0.05) is 44.4 Å². The zero-order valence-electron chi connectivity index (χ0n) is 22.7. The predicted molar refractivity (Wildman–Crippen MR) is 144 cm³/mol. The molecule has 2 fully saturated rings. The first-order chi connectivity index (χ1) is 16.8. The smallest absolute Gasteiger partial charge is 0.223 e. The maximum atomic E-state index is 13.2. The van der Waals surface area contributed by atoms with E-state index in [1.807, 2.05) is 0 Å². The summed E-state index contributed by atoms with van der Waals surface area (Å²) in [5, 5.41) is 3.40. The summed E-state index contributed by atoms with van der Waals surface area (Å²) >= 11 is 0. The lowest BCUT2D eigenvalue weighted by Crippen LogP contribution is -2.50. The molecule has 2 atom stereocenters. The Hall–Kier alpha value is -2.14. The Labute approximate surface area is 212 Å². The largest absolute Gasteiger partial charge is 0.501 e. The summed E-state index contributed by atoms with van der Waals surface area (Å²) in [6.07, 6.45) is 15.4. The van der Waals surface area contributed by atoms with Crippen LogP contribution in [-0.4, -0.2) is 37.0 Å². The highest BCUT2D eigenvalue weighted by atomic mass is 16.5. The van der Waals surface area contributed by atoms with Crippen LogP contribution in [0.5, 0.6) is 0 Å². The maximum Gasteiger partial charge on any atom is 0.223 e. The lowest BCUT2D eigenvalue weighted by molar-refractivity contribution is -0.129. The SMILES string of the molecule is C=C(C)C1(NC(=O)C2CCCC(OC/C(N=C(C)C3=CCCC(OC)=C3)=C(/C)CC)C2)CCCC1. The molecule has 0 aromatic heterocycles. The summed E-state index contributed by atoms with van der Waals surface area (Å²) in [5.74, 6) is 1.20.